The van der Waals surface area contributed by atoms with E-state index >= 15 is 0 Å². The molecule has 1 N–H and O–H groups in total. The van der Waals surface area contributed by atoms with E-state index in [4.69, 9.17) is 19.4 Å². The lowest BCUT2D eigenvalue weighted by molar-refractivity contribution is -0.138. The van der Waals surface area contributed by atoms with Crippen LogP contribution in [0.2, 0.25) is 0 Å². The highest BCUT2D eigenvalue weighted by molar-refractivity contribution is 9.10. The molecule has 5 heterocycles. The van der Waals surface area contributed by atoms with Gasteiger partial charge >= 0.3 is 24.5 Å². The van der Waals surface area contributed by atoms with Gasteiger partial charge in [0.25, 0.3) is 0 Å². The first-order chi connectivity index (χ1) is 36.1. The molecule has 9 rings (SSSR count). The van der Waals surface area contributed by atoms with Crippen molar-refractivity contribution in [3.8, 4) is 11.1 Å². The number of cyclic esters (lactones) is 2. The maximum Gasteiger partial charge on any atom is 0.416 e. The van der Waals surface area contributed by atoms with E-state index in [2.05, 4.69) is 55.8 Å². The summed E-state index contributed by atoms with van der Waals surface area (Å²) in [6.07, 6.45) is 3.64. The molecule has 76 heavy (non-hydrogen) atoms. The van der Waals surface area contributed by atoms with E-state index in [1.807, 2.05) is 40.0 Å². The number of alkyl halides is 6. The maximum absolute atomic E-state index is 13.6. The molecule has 4 atom stereocenters. The number of H-pyrrole nitrogens is 1. The first kappa shape index (κ1) is 56.4. The topological polar surface area (TPSA) is 120 Å². The number of aromatic nitrogens is 4. The van der Waals surface area contributed by atoms with Crippen LogP contribution in [0.1, 0.15) is 160 Å². The first-order valence-electron chi connectivity index (χ1n) is 26.6. The van der Waals surface area contributed by atoms with Crippen LogP contribution in [0.15, 0.2) is 65.4 Å². The van der Waals surface area contributed by atoms with Gasteiger partial charge in [0.1, 0.15) is 23.8 Å². The molecule has 2 aliphatic heterocycles. The zero-order valence-electron chi connectivity index (χ0n) is 44.5. The molecule has 2 aliphatic carbocycles. The molecule has 2 saturated carbocycles. The van der Waals surface area contributed by atoms with Crippen molar-refractivity contribution in [1.82, 2.24) is 30.0 Å². The Bertz CT molecular complexity index is 2850. The molecule has 4 fully saturated rings. The van der Waals surface area contributed by atoms with Gasteiger partial charge in [0, 0.05) is 70.0 Å². The van der Waals surface area contributed by atoms with Gasteiger partial charge in [-0.1, -0.05) is 61.8 Å². The lowest BCUT2D eigenvalue weighted by atomic mass is 9.93. The number of aryl methyl sites for hydroxylation is 4. The molecule has 0 radical (unpaired) electrons. The lowest BCUT2D eigenvalue weighted by Gasteiger charge is -2.36. The smallest absolute Gasteiger partial charge is 0.416 e. The van der Waals surface area contributed by atoms with Gasteiger partial charge < -0.3 is 19.3 Å². The number of anilines is 2. The van der Waals surface area contributed by atoms with Gasteiger partial charge in [0.15, 0.2) is 0 Å². The third kappa shape index (κ3) is 12.4. The standard InChI is InChI=1S/C31H38F3N5O2.C26H31BrF3N3O2/c1-6-38(26-10-8-7-9-11-26)29-24(14-23(16-35-29)27-19(3)36-37-20(27)4)17-39-21(5)28(41-30(39)40)22-12-18(2)13-25(15-22)31(32,33)34;1-4-32(22-8-6-5-7-9-22)24-19(13-21(27)14-31-24)15-33-17(3)23(35-25(33)34)18-10-16(2)11-20(12-18)26(28,29)30/h12-16,21,26,28H,6-11,17H2,1-5H3,(H,36,37);10-14,17,22-23H,4-9,15H2,1-3H3/t21-,28?;17-,23-/m00/s1. The van der Waals surface area contributed by atoms with Crippen LogP contribution in [0.3, 0.4) is 0 Å². The fourth-order valence-corrected chi connectivity index (χ4v) is 12.1. The fourth-order valence-electron chi connectivity index (χ4n) is 11.8. The van der Waals surface area contributed by atoms with Crippen LogP contribution in [-0.2, 0) is 34.9 Å². The van der Waals surface area contributed by atoms with Crippen LogP contribution in [0.4, 0.5) is 47.6 Å². The summed E-state index contributed by atoms with van der Waals surface area (Å²) in [5, 5.41) is 7.38. The van der Waals surface area contributed by atoms with Crippen molar-refractivity contribution in [3.63, 3.8) is 0 Å². The second-order valence-corrected chi connectivity index (χ2v) is 21.8. The second kappa shape index (κ2) is 23.4. The summed E-state index contributed by atoms with van der Waals surface area (Å²) in [5.41, 5.74) is 5.57. The zero-order valence-corrected chi connectivity index (χ0v) is 46.1. The molecule has 1 unspecified atom stereocenters. The van der Waals surface area contributed by atoms with Crippen molar-refractivity contribution in [3.05, 3.63) is 121 Å². The second-order valence-electron chi connectivity index (χ2n) is 20.9. The number of pyridine rings is 2. The number of hydrogen-bond donors (Lipinski definition) is 1. The molecule has 3 aromatic heterocycles. The molecule has 19 heteroatoms. The molecule has 0 bridgehead atoms. The number of hydrogen-bond acceptors (Lipinski definition) is 9. The van der Waals surface area contributed by atoms with Crippen molar-refractivity contribution >= 4 is 39.8 Å². The predicted molar refractivity (Wildman–Crippen MR) is 284 cm³/mol. The SMILES string of the molecule is CCN(c1ncc(-c2c(C)n[nH]c2C)cc1CN1C(=O)OC(c2cc(C)cc(C(F)(F)F)c2)[C@@H]1C)C1CCCCC1.CCN(c1ncc(Br)cc1CN1C(=O)O[C@H](c2cc(C)cc(C(F)(F)F)c2)[C@@H]1C)C1CCCCC1. The van der Waals surface area contributed by atoms with Crippen LogP contribution in [-0.4, -0.2) is 79.4 Å². The summed E-state index contributed by atoms with van der Waals surface area (Å²) in [6, 6.07) is 11.6. The minimum Gasteiger partial charge on any atom is -0.439 e. The monoisotopic (exact) mass is 1120 g/mol. The highest BCUT2D eigenvalue weighted by Crippen LogP contribution is 2.42. The van der Waals surface area contributed by atoms with E-state index in [1.165, 1.54) is 38.5 Å². The number of halogens is 7. The quantitative estimate of drug-likeness (QED) is 0.115. The summed E-state index contributed by atoms with van der Waals surface area (Å²) in [6.45, 7) is 17.1. The molecule has 2 amide bonds. The fraction of sp³-hybridized carbons (Fsp3) is 0.526. The van der Waals surface area contributed by atoms with Gasteiger partial charge in [0.05, 0.1) is 42.0 Å². The molecular formula is C57H69BrF6N8O4. The van der Waals surface area contributed by atoms with Crippen molar-refractivity contribution < 1.29 is 45.4 Å². The first-order valence-corrected chi connectivity index (χ1v) is 27.4. The van der Waals surface area contributed by atoms with Gasteiger partial charge in [-0.2, -0.15) is 31.4 Å². The van der Waals surface area contributed by atoms with E-state index in [0.29, 0.717) is 34.3 Å². The molecule has 2 saturated heterocycles. The van der Waals surface area contributed by atoms with Crippen LogP contribution in [0.5, 0.6) is 0 Å². The summed E-state index contributed by atoms with van der Waals surface area (Å²) in [5.74, 6) is 1.68. The van der Waals surface area contributed by atoms with Gasteiger partial charge in [-0.25, -0.2) is 19.6 Å². The van der Waals surface area contributed by atoms with E-state index < -0.39 is 60.0 Å². The van der Waals surface area contributed by atoms with Gasteiger partial charge in [-0.3, -0.25) is 14.9 Å². The number of nitrogens with one attached hydrogen (secondary N) is 1. The number of nitrogens with zero attached hydrogens (tertiary/aromatic N) is 7. The third-order valence-corrected chi connectivity index (χ3v) is 15.9. The minimum absolute atomic E-state index is 0.226. The lowest BCUT2D eigenvalue weighted by Crippen LogP contribution is -2.39. The van der Waals surface area contributed by atoms with Gasteiger partial charge in [-0.15, -0.1) is 0 Å². The molecule has 4 aliphatic rings. The Morgan fingerprint density at radius 3 is 1.47 bits per heavy atom. The van der Waals surface area contributed by atoms with Crippen molar-refractivity contribution in [2.75, 3.05) is 22.9 Å². The van der Waals surface area contributed by atoms with Crippen molar-refractivity contribution in [1.29, 1.82) is 0 Å². The average Bonchev–Trinajstić information content (AvgIpc) is 3.99. The summed E-state index contributed by atoms with van der Waals surface area (Å²) in [7, 11) is 0. The normalized spacial score (nSPS) is 20.6. The number of carbonyl (C=O) groups excluding carboxylic acids is 2. The van der Waals surface area contributed by atoms with Gasteiger partial charge in [-0.05, 0) is 145 Å². The van der Waals surface area contributed by atoms with Crippen molar-refractivity contribution in [2.24, 2.45) is 0 Å². The number of rotatable bonds is 13. The Kier molecular flexibility index (Phi) is 17.4. The predicted octanol–water partition coefficient (Wildman–Crippen LogP) is 15.1. The Morgan fingerprint density at radius 2 is 1.07 bits per heavy atom. The number of benzene rings is 2. The van der Waals surface area contributed by atoms with E-state index in [0.717, 1.165) is 113 Å². The van der Waals surface area contributed by atoms with E-state index in [1.54, 1.807) is 42.0 Å². The Morgan fingerprint density at radius 1 is 0.632 bits per heavy atom. The Hall–Kier alpha value is -5.85. The molecule has 12 nitrogen and oxygen atoms in total. The Labute approximate surface area is 450 Å². The average molecular weight is 1120 g/mol. The highest BCUT2D eigenvalue weighted by Gasteiger charge is 2.44. The van der Waals surface area contributed by atoms with Gasteiger partial charge in [0.2, 0.25) is 0 Å². The van der Waals surface area contributed by atoms with E-state index in [-0.39, 0.29) is 13.1 Å². The van der Waals surface area contributed by atoms with E-state index in [9.17, 15) is 35.9 Å². The third-order valence-electron chi connectivity index (χ3n) is 15.5. The minimum atomic E-state index is -4.49. The largest absolute Gasteiger partial charge is 0.439 e. The number of amides is 2. The number of ether oxygens (including phenoxy) is 2. The number of carbonyl (C=O) groups is 2. The zero-order chi connectivity index (χ0) is 54.8. The Balaban J connectivity index is 0.000000204. The summed E-state index contributed by atoms with van der Waals surface area (Å²) >= 11 is 3.50. The molecule has 2 aromatic carbocycles. The van der Waals surface area contributed by atoms with Crippen molar-refractivity contribution in [2.45, 2.75) is 181 Å². The molecule has 0 spiro atoms. The van der Waals surface area contributed by atoms with Crippen LogP contribution >= 0.6 is 15.9 Å². The van der Waals surface area contributed by atoms with Crippen LogP contribution in [0, 0.1) is 27.7 Å². The van der Waals surface area contributed by atoms with Crippen LogP contribution in [0.25, 0.3) is 11.1 Å². The van der Waals surface area contributed by atoms with Crippen LogP contribution < -0.4 is 9.80 Å². The molecular weight excluding hydrogens is 1050 g/mol. The summed E-state index contributed by atoms with van der Waals surface area (Å²) in [4.78, 5) is 43.7. The summed E-state index contributed by atoms with van der Waals surface area (Å²) < 4.78 is 93.0. The highest BCUT2D eigenvalue weighted by atomic mass is 79.9. The number of aromatic amines is 1. The molecule has 5 aromatic rings. The maximum atomic E-state index is 13.6. The molecule has 410 valence electrons.